The highest BCUT2D eigenvalue weighted by molar-refractivity contribution is 5.95. The molecule has 0 bridgehead atoms. The highest BCUT2D eigenvalue weighted by Gasteiger charge is 2.18. The molecule has 6 heteroatoms. The zero-order valence-corrected chi connectivity index (χ0v) is 10.4. The van der Waals surface area contributed by atoms with Crippen molar-refractivity contribution in [3.8, 4) is 0 Å². The molecule has 0 saturated heterocycles. The molecular weight excluding hydrogens is 271 g/mol. The van der Waals surface area contributed by atoms with E-state index in [-0.39, 0.29) is 11.4 Å². The molecule has 0 saturated carbocycles. The number of hydrogen-bond acceptors (Lipinski definition) is 2. The molecule has 0 spiro atoms. The Bertz CT molecular complexity index is 686. The molecule has 104 valence electrons. The quantitative estimate of drug-likeness (QED) is 0.898. The molecule has 3 nitrogen and oxygen atoms in total. The minimum atomic E-state index is -1.57. The highest BCUT2D eigenvalue weighted by atomic mass is 19.1. The SMILES string of the molecule is Cc1ccc(Nc2cc(F)cc(F)c2C(=O)O)c(F)c1. The Morgan fingerprint density at radius 1 is 1.05 bits per heavy atom. The molecule has 0 amide bonds. The number of aryl methyl sites for hydroxylation is 1. The largest absolute Gasteiger partial charge is 0.478 e. The second kappa shape index (κ2) is 5.24. The third-order valence-electron chi connectivity index (χ3n) is 2.66. The average Bonchev–Trinajstić information content (AvgIpc) is 2.31. The van der Waals surface area contributed by atoms with Gasteiger partial charge in [0.05, 0.1) is 11.4 Å². The Kier molecular flexibility index (Phi) is 3.65. The highest BCUT2D eigenvalue weighted by Crippen LogP contribution is 2.26. The molecule has 0 radical (unpaired) electrons. The van der Waals surface area contributed by atoms with Crippen molar-refractivity contribution in [2.75, 3.05) is 5.32 Å². The standard InChI is InChI=1S/C14H10F3NO2/c1-7-2-3-11(9(16)4-7)18-12-6-8(15)5-10(17)13(12)14(19)20/h2-6,18H,1H3,(H,19,20). The maximum Gasteiger partial charge on any atom is 0.340 e. The first-order chi connectivity index (χ1) is 9.38. The fourth-order valence-corrected chi connectivity index (χ4v) is 1.76. The van der Waals surface area contributed by atoms with E-state index in [0.29, 0.717) is 11.6 Å². The predicted octanol–water partition coefficient (Wildman–Crippen LogP) is 3.85. The number of hydrogen-bond donors (Lipinski definition) is 2. The molecule has 2 aromatic rings. The number of aromatic carboxylic acids is 1. The number of carboxylic acid groups (broad SMARTS) is 1. The van der Waals surface area contributed by atoms with Crippen LogP contribution in [0.4, 0.5) is 24.5 Å². The second-order valence-corrected chi connectivity index (χ2v) is 4.22. The number of halogens is 3. The van der Waals surface area contributed by atoms with Gasteiger partial charge in [-0.15, -0.1) is 0 Å². The summed E-state index contributed by atoms with van der Waals surface area (Å²) in [5.74, 6) is -4.40. The lowest BCUT2D eigenvalue weighted by atomic mass is 10.1. The summed E-state index contributed by atoms with van der Waals surface area (Å²) < 4.78 is 40.3. The van der Waals surface area contributed by atoms with Gasteiger partial charge in [0.1, 0.15) is 23.0 Å². The van der Waals surface area contributed by atoms with Crippen LogP contribution in [0.5, 0.6) is 0 Å². The Hall–Kier alpha value is -2.50. The number of rotatable bonds is 3. The monoisotopic (exact) mass is 281 g/mol. The van der Waals surface area contributed by atoms with E-state index in [0.717, 1.165) is 6.07 Å². The second-order valence-electron chi connectivity index (χ2n) is 4.22. The van der Waals surface area contributed by atoms with Crippen LogP contribution in [0.15, 0.2) is 30.3 Å². The molecule has 0 aliphatic rings. The third kappa shape index (κ3) is 2.74. The summed E-state index contributed by atoms with van der Waals surface area (Å²) in [6, 6.07) is 5.42. The van der Waals surface area contributed by atoms with Gasteiger partial charge in [0, 0.05) is 6.07 Å². The van der Waals surface area contributed by atoms with E-state index < -0.39 is 29.0 Å². The van der Waals surface area contributed by atoms with Gasteiger partial charge in [0.2, 0.25) is 0 Å². The predicted molar refractivity (Wildman–Crippen MR) is 67.7 cm³/mol. The molecule has 0 fully saturated rings. The summed E-state index contributed by atoms with van der Waals surface area (Å²) in [7, 11) is 0. The molecule has 0 atom stereocenters. The van der Waals surface area contributed by atoms with Crippen molar-refractivity contribution in [3.05, 3.63) is 58.9 Å². The lowest BCUT2D eigenvalue weighted by Gasteiger charge is -2.11. The number of carbonyl (C=O) groups is 1. The van der Waals surface area contributed by atoms with Crippen LogP contribution in [0.25, 0.3) is 0 Å². The molecule has 2 aromatic carbocycles. The van der Waals surface area contributed by atoms with Gasteiger partial charge in [-0.1, -0.05) is 6.07 Å². The van der Waals surface area contributed by atoms with Crippen LogP contribution in [-0.2, 0) is 0 Å². The molecule has 0 aromatic heterocycles. The van der Waals surface area contributed by atoms with Crippen molar-refractivity contribution in [2.45, 2.75) is 6.92 Å². The zero-order chi connectivity index (χ0) is 14.9. The molecule has 0 heterocycles. The van der Waals surface area contributed by atoms with Crippen LogP contribution in [0.3, 0.4) is 0 Å². The van der Waals surface area contributed by atoms with Crippen LogP contribution in [-0.4, -0.2) is 11.1 Å². The summed E-state index contributed by atoms with van der Waals surface area (Å²) in [5.41, 5.74) is -0.496. The summed E-state index contributed by atoms with van der Waals surface area (Å²) in [6.45, 7) is 1.68. The van der Waals surface area contributed by atoms with Crippen LogP contribution in [0, 0.1) is 24.4 Å². The first-order valence-corrected chi connectivity index (χ1v) is 5.64. The lowest BCUT2D eigenvalue weighted by Crippen LogP contribution is -2.07. The number of benzene rings is 2. The van der Waals surface area contributed by atoms with E-state index in [4.69, 9.17) is 5.11 Å². The zero-order valence-electron chi connectivity index (χ0n) is 10.4. The van der Waals surface area contributed by atoms with Crippen molar-refractivity contribution in [3.63, 3.8) is 0 Å². The minimum Gasteiger partial charge on any atom is -0.478 e. The molecule has 2 rings (SSSR count). The van der Waals surface area contributed by atoms with Gasteiger partial charge in [-0.05, 0) is 30.7 Å². The molecule has 20 heavy (non-hydrogen) atoms. The topological polar surface area (TPSA) is 49.3 Å². The molecular formula is C14H10F3NO2. The summed E-state index contributed by atoms with van der Waals surface area (Å²) in [4.78, 5) is 11.0. The molecule has 0 unspecified atom stereocenters. The van der Waals surface area contributed by atoms with Crippen LogP contribution in [0.1, 0.15) is 15.9 Å². The van der Waals surface area contributed by atoms with Gasteiger partial charge in [0.15, 0.2) is 0 Å². The van der Waals surface area contributed by atoms with Crippen molar-refractivity contribution in [2.24, 2.45) is 0 Å². The van der Waals surface area contributed by atoms with Crippen molar-refractivity contribution < 1.29 is 23.1 Å². The van der Waals surface area contributed by atoms with Crippen molar-refractivity contribution in [1.82, 2.24) is 0 Å². The first kappa shape index (κ1) is 13.9. The normalized spacial score (nSPS) is 10.4. The van der Waals surface area contributed by atoms with Crippen LogP contribution < -0.4 is 5.32 Å². The van der Waals surface area contributed by atoms with Crippen LogP contribution >= 0.6 is 0 Å². The molecule has 0 aliphatic heterocycles. The lowest BCUT2D eigenvalue weighted by molar-refractivity contribution is 0.0693. The summed E-state index contributed by atoms with van der Waals surface area (Å²) in [5, 5.41) is 11.3. The Labute approximate surface area is 112 Å². The Morgan fingerprint density at radius 2 is 1.75 bits per heavy atom. The van der Waals surface area contributed by atoms with E-state index in [2.05, 4.69) is 5.32 Å². The van der Waals surface area contributed by atoms with Crippen molar-refractivity contribution >= 4 is 17.3 Å². The van der Waals surface area contributed by atoms with Crippen LogP contribution in [0.2, 0.25) is 0 Å². The van der Waals surface area contributed by atoms with E-state index in [1.807, 2.05) is 0 Å². The van der Waals surface area contributed by atoms with Gasteiger partial charge in [-0.3, -0.25) is 0 Å². The Morgan fingerprint density at radius 3 is 2.35 bits per heavy atom. The van der Waals surface area contributed by atoms with Gasteiger partial charge < -0.3 is 10.4 Å². The third-order valence-corrected chi connectivity index (χ3v) is 2.66. The number of carboxylic acids is 1. The van der Waals surface area contributed by atoms with Gasteiger partial charge in [-0.2, -0.15) is 0 Å². The van der Waals surface area contributed by atoms with E-state index in [1.54, 1.807) is 13.0 Å². The first-order valence-electron chi connectivity index (χ1n) is 5.64. The van der Waals surface area contributed by atoms with E-state index in [1.165, 1.54) is 12.1 Å². The fraction of sp³-hybridized carbons (Fsp3) is 0.0714. The molecule has 2 N–H and O–H groups in total. The van der Waals surface area contributed by atoms with E-state index in [9.17, 15) is 18.0 Å². The maximum atomic E-state index is 13.7. The van der Waals surface area contributed by atoms with Crippen molar-refractivity contribution in [1.29, 1.82) is 0 Å². The van der Waals surface area contributed by atoms with E-state index >= 15 is 0 Å². The minimum absolute atomic E-state index is 0.0666. The van der Waals surface area contributed by atoms with Gasteiger partial charge >= 0.3 is 5.97 Å². The maximum absolute atomic E-state index is 13.7. The summed E-state index contributed by atoms with van der Waals surface area (Å²) >= 11 is 0. The summed E-state index contributed by atoms with van der Waals surface area (Å²) in [6.07, 6.45) is 0. The number of anilines is 2. The average molecular weight is 281 g/mol. The van der Waals surface area contributed by atoms with Gasteiger partial charge in [-0.25, -0.2) is 18.0 Å². The smallest absolute Gasteiger partial charge is 0.340 e. The number of nitrogens with one attached hydrogen (secondary N) is 1. The Balaban J connectivity index is 2.50. The molecule has 0 aliphatic carbocycles. The van der Waals surface area contributed by atoms with Gasteiger partial charge in [0.25, 0.3) is 0 Å². The fourth-order valence-electron chi connectivity index (χ4n) is 1.76.